The Kier molecular flexibility index (Phi) is 5.58. The molecule has 0 unspecified atom stereocenters. The highest BCUT2D eigenvalue weighted by atomic mass is 79.9. The van der Waals surface area contributed by atoms with Gasteiger partial charge in [0.2, 0.25) is 0 Å². The van der Waals surface area contributed by atoms with E-state index < -0.39 is 5.91 Å². The minimum atomic E-state index is -0.430. The first-order valence-corrected chi connectivity index (χ1v) is 9.16. The molecule has 1 amide bonds. The number of nitrogens with zero attached hydrogens (tertiary/aromatic N) is 2. The van der Waals surface area contributed by atoms with E-state index in [2.05, 4.69) is 21.2 Å². The van der Waals surface area contributed by atoms with E-state index >= 15 is 0 Å². The Bertz CT molecular complexity index is 1080. The van der Waals surface area contributed by atoms with Gasteiger partial charge in [-0.25, -0.2) is 0 Å². The summed E-state index contributed by atoms with van der Waals surface area (Å²) in [6.07, 6.45) is 1.58. The molecule has 0 atom stereocenters. The Balaban J connectivity index is 1.84. The molecule has 0 saturated heterocycles. The first-order chi connectivity index (χ1) is 13.0. The van der Waals surface area contributed by atoms with Gasteiger partial charge < -0.3 is 10.2 Å². The van der Waals surface area contributed by atoms with Gasteiger partial charge in [-0.2, -0.15) is 5.26 Å². The summed E-state index contributed by atoms with van der Waals surface area (Å²) in [4.78, 5) is 14.5. The van der Waals surface area contributed by atoms with Gasteiger partial charge in [0.05, 0.1) is 5.69 Å². The van der Waals surface area contributed by atoms with Crippen molar-refractivity contribution in [2.24, 2.45) is 0 Å². The summed E-state index contributed by atoms with van der Waals surface area (Å²) in [5, 5.41) is 14.3. The summed E-state index contributed by atoms with van der Waals surface area (Å²) in [5.41, 5.74) is 2.50. The third-order valence-electron chi connectivity index (χ3n) is 4.14. The molecule has 0 aliphatic carbocycles. The van der Waals surface area contributed by atoms with E-state index in [0.717, 1.165) is 26.5 Å². The number of carbonyl (C=O) groups excluding carboxylic acids is 1. The second kappa shape index (κ2) is 8.07. The lowest BCUT2D eigenvalue weighted by Crippen LogP contribution is -2.13. The normalized spacial score (nSPS) is 11.1. The number of anilines is 2. The molecule has 0 aliphatic rings. The zero-order valence-corrected chi connectivity index (χ0v) is 16.6. The molecule has 1 N–H and O–H groups in total. The van der Waals surface area contributed by atoms with Crippen LogP contribution in [0.3, 0.4) is 0 Å². The molecule has 0 saturated carbocycles. The first-order valence-electron chi connectivity index (χ1n) is 8.37. The van der Waals surface area contributed by atoms with E-state index in [9.17, 15) is 10.1 Å². The van der Waals surface area contributed by atoms with Crippen LogP contribution >= 0.6 is 15.9 Å². The van der Waals surface area contributed by atoms with Gasteiger partial charge in [-0.1, -0.05) is 36.4 Å². The third-order valence-corrected chi connectivity index (χ3v) is 4.77. The second-order valence-corrected chi connectivity index (χ2v) is 7.15. The van der Waals surface area contributed by atoms with Crippen molar-refractivity contribution in [1.29, 1.82) is 5.26 Å². The summed E-state index contributed by atoms with van der Waals surface area (Å²) in [6.45, 7) is 0. The number of nitrogens with one attached hydrogen (secondary N) is 1. The maximum Gasteiger partial charge on any atom is 0.266 e. The molecule has 134 valence electrons. The highest BCUT2D eigenvalue weighted by molar-refractivity contribution is 9.10. The fourth-order valence-corrected chi connectivity index (χ4v) is 3.51. The fraction of sp³-hybridized carbons (Fsp3) is 0.0909. The molecule has 0 aromatic heterocycles. The Morgan fingerprint density at radius 1 is 1.07 bits per heavy atom. The molecule has 0 fully saturated rings. The van der Waals surface area contributed by atoms with Crippen molar-refractivity contribution in [2.75, 3.05) is 24.3 Å². The predicted molar refractivity (Wildman–Crippen MR) is 115 cm³/mol. The molecule has 0 bridgehead atoms. The van der Waals surface area contributed by atoms with Crippen LogP contribution < -0.4 is 10.2 Å². The minimum Gasteiger partial charge on any atom is -0.377 e. The van der Waals surface area contributed by atoms with Gasteiger partial charge in [0.25, 0.3) is 5.91 Å². The summed E-state index contributed by atoms with van der Waals surface area (Å²) < 4.78 is 0.897. The number of carbonyl (C=O) groups is 1. The smallest absolute Gasteiger partial charge is 0.266 e. The van der Waals surface area contributed by atoms with Crippen LogP contribution in [0.2, 0.25) is 0 Å². The number of halogens is 1. The number of hydrogen-bond acceptors (Lipinski definition) is 3. The van der Waals surface area contributed by atoms with Gasteiger partial charge in [-0.05, 0) is 62.6 Å². The van der Waals surface area contributed by atoms with Crippen LogP contribution in [-0.2, 0) is 4.79 Å². The number of hydrogen-bond donors (Lipinski definition) is 1. The highest BCUT2D eigenvalue weighted by Crippen LogP contribution is 2.27. The van der Waals surface area contributed by atoms with Crippen molar-refractivity contribution >= 4 is 50.1 Å². The zero-order chi connectivity index (χ0) is 19.4. The van der Waals surface area contributed by atoms with Gasteiger partial charge in [0, 0.05) is 24.3 Å². The lowest BCUT2D eigenvalue weighted by atomic mass is 10.1. The summed E-state index contributed by atoms with van der Waals surface area (Å²) in [6, 6.07) is 21.3. The van der Waals surface area contributed by atoms with Crippen LogP contribution in [0.4, 0.5) is 11.4 Å². The van der Waals surface area contributed by atoms with Crippen LogP contribution in [0.15, 0.2) is 70.7 Å². The molecule has 5 heteroatoms. The molecular formula is C22H18BrN3O. The van der Waals surface area contributed by atoms with E-state index in [-0.39, 0.29) is 5.57 Å². The van der Waals surface area contributed by atoms with Gasteiger partial charge in [-0.15, -0.1) is 0 Å². The van der Waals surface area contributed by atoms with E-state index in [1.165, 1.54) is 0 Å². The van der Waals surface area contributed by atoms with Crippen molar-refractivity contribution in [2.45, 2.75) is 0 Å². The second-order valence-electron chi connectivity index (χ2n) is 6.29. The molecule has 0 heterocycles. The highest BCUT2D eigenvalue weighted by Gasteiger charge is 2.11. The van der Waals surface area contributed by atoms with Gasteiger partial charge >= 0.3 is 0 Å². The predicted octanol–water partition coefficient (Wildman–Crippen LogP) is 5.21. The number of amides is 1. The molecule has 3 aromatic carbocycles. The topological polar surface area (TPSA) is 56.1 Å². The lowest BCUT2D eigenvalue weighted by Gasteiger charge is -2.14. The van der Waals surface area contributed by atoms with Crippen LogP contribution in [0.1, 0.15) is 5.56 Å². The Morgan fingerprint density at radius 2 is 1.81 bits per heavy atom. The monoisotopic (exact) mass is 419 g/mol. The first kappa shape index (κ1) is 18.7. The van der Waals surface area contributed by atoms with Crippen molar-refractivity contribution in [3.05, 3.63) is 76.3 Å². The van der Waals surface area contributed by atoms with Crippen LogP contribution in [0, 0.1) is 11.3 Å². The number of fused-ring (bicyclic) bond motifs is 1. The maximum atomic E-state index is 12.5. The Morgan fingerprint density at radius 3 is 2.48 bits per heavy atom. The number of rotatable bonds is 4. The summed E-state index contributed by atoms with van der Waals surface area (Å²) in [7, 11) is 3.90. The molecule has 0 aliphatic heterocycles. The standard InChI is InChI=1S/C22H18BrN3O/c1-26(2)21-10-7-15(12-20(21)23)11-18(14-24)22(27)25-19-9-8-16-5-3-4-6-17(16)13-19/h3-13H,1-2H3,(H,25,27)/b18-11-. The zero-order valence-electron chi connectivity index (χ0n) is 15.0. The molecule has 0 radical (unpaired) electrons. The van der Waals surface area contributed by atoms with Crippen LogP contribution in [0.5, 0.6) is 0 Å². The van der Waals surface area contributed by atoms with Gasteiger partial charge in [-0.3, -0.25) is 4.79 Å². The largest absolute Gasteiger partial charge is 0.377 e. The SMILES string of the molecule is CN(C)c1ccc(/C=C(/C#N)C(=O)Nc2ccc3ccccc3c2)cc1Br. The molecule has 3 rings (SSSR count). The van der Waals surface area contributed by atoms with Crippen molar-refractivity contribution in [3.8, 4) is 6.07 Å². The fourth-order valence-electron chi connectivity index (χ4n) is 2.76. The Labute approximate surface area is 166 Å². The summed E-state index contributed by atoms with van der Waals surface area (Å²) in [5.74, 6) is -0.430. The van der Waals surface area contributed by atoms with Gasteiger partial charge in [0.15, 0.2) is 0 Å². The maximum absolute atomic E-state index is 12.5. The van der Waals surface area contributed by atoms with Crippen molar-refractivity contribution in [3.63, 3.8) is 0 Å². The van der Waals surface area contributed by atoms with Crippen LogP contribution in [0.25, 0.3) is 16.8 Å². The molecule has 27 heavy (non-hydrogen) atoms. The van der Waals surface area contributed by atoms with Crippen LogP contribution in [-0.4, -0.2) is 20.0 Å². The van der Waals surface area contributed by atoms with E-state index in [0.29, 0.717) is 5.69 Å². The third kappa shape index (κ3) is 4.36. The quantitative estimate of drug-likeness (QED) is 0.466. The van der Waals surface area contributed by atoms with E-state index in [1.54, 1.807) is 6.08 Å². The lowest BCUT2D eigenvalue weighted by molar-refractivity contribution is -0.112. The number of benzene rings is 3. The molecule has 3 aromatic rings. The number of nitriles is 1. The van der Waals surface area contributed by atoms with Gasteiger partial charge in [0.1, 0.15) is 11.6 Å². The van der Waals surface area contributed by atoms with E-state index in [1.807, 2.05) is 85.7 Å². The van der Waals surface area contributed by atoms with E-state index in [4.69, 9.17) is 0 Å². The molecule has 4 nitrogen and oxygen atoms in total. The average Bonchev–Trinajstić information content (AvgIpc) is 2.65. The van der Waals surface area contributed by atoms with Crippen molar-refractivity contribution < 1.29 is 4.79 Å². The van der Waals surface area contributed by atoms with Crippen molar-refractivity contribution in [1.82, 2.24) is 0 Å². The molecule has 0 spiro atoms. The summed E-state index contributed by atoms with van der Waals surface area (Å²) >= 11 is 3.52. The Hall–Kier alpha value is -3.10. The molecular weight excluding hydrogens is 402 g/mol. The minimum absolute atomic E-state index is 0.0488. The average molecular weight is 420 g/mol.